The fourth-order valence-corrected chi connectivity index (χ4v) is 4.34. The van der Waals surface area contributed by atoms with E-state index in [1.54, 1.807) is 6.20 Å². The third kappa shape index (κ3) is 2.46. The van der Waals surface area contributed by atoms with Gasteiger partial charge < -0.3 is 9.47 Å². The smallest absolute Gasteiger partial charge is 0.231 e. The molecule has 0 spiro atoms. The Balaban J connectivity index is 1.70. The van der Waals surface area contributed by atoms with Crippen LogP contribution in [0, 0.1) is 12.3 Å². The molecule has 0 bridgehead atoms. The lowest BCUT2D eigenvalue weighted by atomic mass is 10.0. The maximum absolute atomic E-state index is 12.6. The summed E-state index contributed by atoms with van der Waals surface area (Å²) in [6.07, 6.45) is 3.49. The van der Waals surface area contributed by atoms with Crippen molar-refractivity contribution >= 4 is 40.0 Å². The fraction of sp³-hybridized carbons (Fsp3) is 0.188. The molecule has 7 heteroatoms. The van der Waals surface area contributed by atoms with E-state index in [9.17, 15) is 4.79 Å². The minimum atomic E-state index is -0.555. The van der Waals surface area contributed by atoms with Crippen LogP contribution in [0.15, 0.2) is 28.6 Å². The average Bonchev–Trinajstić information content (AvgIpc) is 3.22. The Labute approximate surface area is 140 Å². The monoisotopic (exact) mass is 344 g/mol. The number of hydrogen-bond acceptors (Lipinski definition) is 7. The molecule has 23 heavy (non-hydrogen) atoms. The minimum Gasteiger partial charge on any atom is -0.454 e. The number of aromatic nitrogens is 1. The third-order valence-electron chi connectivity index (χ3n) is 3.73. The number of Topliss-reactive ketones (excluding diaryl/α,β-unsaturated/α-hetero) is 1. The lowest BCUT2D eigenvalue weighted by molar-refractivity contribution is -0.114. The van der Waals surface area contributed by atoms with E-state index < -0.39 is 5.92 Å². The summed E-state index contributed by atoms with van der Waals surface area (Å²) >= 11 is 2.61. The molecule has 0 aliphatic carbocycles. The Bertz CT molecular complexity index is 843. The molecule has 1 saturated heterocycles. The number of hydrogen-bond donors (Lipinski definition) is 1. The second-order valence-corrected chi connectivity index (χ2v) is 7.21. The number of carbonyl (C=O) groups is 1. The van der Waals surface area contributed by atoms with E-state index in [1.165, 1.54) is 23.1 Å². The fourth-order valence-electron chi connectivity index (χ4n) is 2.55. The van der Waals surface area contributed by atoms with Crippen LogP contribution in [0.3, 0.4) is 0 Å². The van der Waals surface area contributed by atoms with E-state index in [2.05, 4.69) is 4.98 Å². The molecule has 2 aliphatic heterocycles. The van der Waals surface area contributed by atoms with E-state index in [0.29, 0.717) is 20.7 Å². The van der Waals surface area contributed by atoms with E-state index in [-0.39, 0.29) is 12.6 Å². The number of nitrogens with zero attached hydrogens (tertiary/aromatic N) is 1. The summed E-state index contributed by atoms with van der Waals surface area (Å²) in [6, 6.07) is 3.78. The molecule has 0 amide bonds. The highest BCUT2D eigenvalue weighted by Gasteiger charge is 2.38. The summed E-state index contributed by atoms with van der Waals surface area (Å²) < 4.78 is 10.7. The first-order chi connectivity index (χ1) is 11.1. The number of ketones is 1. The molecular weight excluding hydrogens is 332 g/mol. The van der Waals surface area contributed by atoms with Gasteiger partial charge in [0.15, 0.2) is 17.3 Å². The lowest BCUT2D eigenvalue weighted by Crippen LogP contribution is -2.11. The summed E-state index contributed by atoms with van der Waals surface area (Å²) in [5.74, 6) is 0.792. The van der Waals surface area contributed by atoms with Crippen LogP contribution in [0.4, 0.5) is 0 Å². The van der Waals surface area contributed by atoms with Crippen molar-refractivity contribution in [1.29, 1.82) is 5.41 Å². The number of fused-ring (bicyclic) bond motifs is 1. The van der Waals surface area contributed by atoms with Gasteiger partial charge in [0, 0.05) is 11.6 Å². The summed E-state index contributed by atoms with van der Waals surface area (Å²) in [6.45, 7) is 2.18. The van der Waals surface area contributed by atoms with Crippen LogP contribution in [0.25, 0.3) is 6.08 Å². The lowest BCUT2D eigenvalue weighted by Gasteiger charge is -2.04. The molecule has 5 nitrogen and oxygen atoms in total. The first-order valence-electron chi connectivity index (χ1n) is 6.95. The quantitative estimate of drug-likeness (QED) is 0.843. The molecule has 1 atom stereocenters. The predicted octanol–water partition coefficient (Wildman–Crippen LogP) is 3.60. The molecule has 0 unspecified atom stereocenters. The maximum atomic E-state index is 12.6. The van der Waals surface area contributed by atoms with Crippen LogP contribution in [0.5, 0.6) is 11.5 Å². The van der Waals surface area contributed by atoms with Gasteiger partial charge in [-0.3, -0.25) is 10.2 Å². The summed E-state index contributed by atoms with van der Waals surface area (Å²) in [5, 5.41) is 10.9. The van der Waals surface area contributed by atoms with Crippen LogP contribution in [0.1, 0.15) is 22.1 Å². The van der Waals surface area contributed by atoms with Crippen molar-refractivity contribution in [2.24, 2.45) is 0 Å². The van der Waals surface area contributed by atoms with Crippen molar-refractivity contribution in [2.75, 3.05) is 6.79 Å². The summed E-state index contributed by atoms with van der Waals surface area (Å²) in [5.41, 5.74) is 1.90. The minimum absolute atomic E-state index is 0.0629. The standard InChI is InChI=1S/C16H12N2O3S2/c1-8-4-10-11(21-7-20-10)5-9(8)6-12-14(19)13(15(17)23-12)16-18-2-3-22-16/h2-6,13,17H,7H2,1H3/b12-6-,17-15?/t13-/m0/s1. The predicted molar refractivity (Wildman–Crippen MR) is 90.5 cm³/mol. The van der Waals surface area contributed by atoms with Crippen LogP contribution < -0.4 is 9.47 Å². The molecule has 116 valence electrons. The van der Waals surface area contributed by atoms with Gasteiger partial charge in [0.1, 0.15) is 10.9 Å². The number of thioether (sulfide) groups is 1. The topological polar surface area (TPSA) is 72.3 Å². The highest BCUT2D eigenvalue weighted by Crippen LogP contribution is 2.42. The van der Waals surface area contributed by atoms with Crippen LogP contribution in [-0.4, -0.2) is 22.6 Å². The highest BCUT2D eigenvalue weighted by atomic mass is 32.2. The number of thiazole rings is 1. The molecule has 1 aromatic heterocycles. The number of aryl methyl sites for hydroxylation is 1. The van der Waals surface area contributed by atoms with Crippen molar-refractivity contribution in [1.82, 2.24) is 4.98 Å². The van der Waals surface area contributed by atoms with E-state index >= 15 is 0 Å². The van der Waals surface area contributed by atoms with Crippen LogP contribution >= 0.6 is 23.1 Å². The van der Waals surface area contributed by atoms with Crippen LogP contribution in [-0.2, 0) is 4.79 Å². The molecule has 1 N–H and O–H groups in total. The summed E-state index contributed by atoms with van der Waals surface area (Å²) in [4.78, 5) is 17.4. The zero-order valence-electron chi connectivity index (χ0n) is 12.2. The van der Waals surface area contributed by atoms with Gasteiger partial charge in [0.25, 0.3) is 0 Å². The Morgan fingerprint density at radius 3 is 2.87 bits per heavy atom. The number of nitrogens with one attached hydrogen (secondary N) is 1. The largest absolute Gasteiger partial charge is 0.454 e. The number of rotatable bonds is 2. The van der Waals surface area contributed by atoms with Gasteiger partial charge in [-0.1, -0.05) is 11.8 Å². The molecule has 2 aromatic rings. The Hall–Kier alpha value is -2.12. The van der Waals surface area contributed by atoms with E-state index in [4.69, 9.17) is 14.9 Å². The van der Waals surface area contributed by atoms with E-state index in [1.807, 2.05) is 30.5 Å². The van der Waals surface area contributed by atoms with Gasteiger partial charge >= 0.3 is 0 Å². The normalized spacial score (nSPS) is 21.4. The maximum Gasteiger partial charge on any atom is 0.231 e. The first-order valence-corrected chi connectivity index (χ1v) is 8.65. The number of benzene rings is 1. The Morgan fingerprint density at radius 1 is 1.35 bits per heavy atom. The van der Waals surface area contributed by atoms with Gasteiger partial charge in [-0.25, -0.2) is 4.98 Å². The van der Waals surface area contributed by atoms with Crippen molar-refractivity contribution in [3.05, 3.63) is 44.7 Å². The van der Waals surface area contributed by atoms with Crippen molar-refractivity contribution in [2.45, 2.75) is 12.8 Å². The molecule has 2 aliphatic rings. The molecule has 3 heterocycles. The molecule has 1 fully saturated rings. The molecular formula is C16H12N2O3S2. The Morgan fingerprint density at radius 2 is 2.13 bits per heavy atom. The Kier molecular flexibility index (Phi) is 3.46. The first kappa shape index (κ1) is 14.5. The van der Waals surface area contributed by atoms with Crippen LogP contribution in [0.2, 0.25) is 0 Å². The number of carbonyl (C=O) groups excluding carboxylic acids is 1. The summed E-state index contributed by atoms with van der Waals surface area (Å²) in [7, 11) is 0. The third-order valence-corrected chi connectivity index (χ3v) is 5.57. The van der Waals surface area contributed by atoms with Gasteiger partial charge in [0.05, 0.1) is 9.95 Å². The molecule has 0 radical (unpaired) electrons. The zero-order chi connectivity index (χ0) is 16.0. The van der Waals surface area contributed by atoms with Crippen molar-refractivity contribution < 1.29 is 14.3 Å². The molecule has 4 rings (SSSR count). The van der Waals surface area contributed by atoms with Gasteiger partial charge in [0.2, 0.25) is 6.79 Å². The highest BCUT2D eigenvalue weighted by molar-refractivity contribution is 8.19. The van der Waals surface area contributed by atoms with Gasteiger partial charge in [-0.05, 0) is 36.3 Å². The molecule has 0 saturated carbocycles. The second-order valence-electron chi connectivity index (χ2n) is 5.20. The number of ether oxygens (including phenoxy) is 2. The van der Waals surface area contributed by atoms with Gasteiger partial charge in [-0.15, -0.1) is 11.3 Å². The number of allylic oxidation sites excluding steroid dienone is 1. The van der Waals surface area contributed by atoms with Crippen molar-refractivity contribution in [3.8, 4) is 11.5 Å². The average molecular weight is 344 g/mol. The zero-order valence-corrected chi connectivity index (χ0v) is 13.8. The van der Waals surface area contributed by atoms with Gasteiger partial charge in [-0.2, -0.15) is 0 Å². The second kappa shape index (κ2) is 5.50. The SMILES string of the molecule is Cc1cc2c(cc1/C=C1\SC(=N)[C@@H](c3nccs3)C1=O)OCO2. The molecule has 1 aromatic carbocycles. The van der Waals surface area contributed by atoms with Crippen molar-refractivity contribution in [3.63, 3.8) is 0 Å². The van der Waals surface area contributed by atoms with E-state index in [0.717, 1.165) is 16.9 Å².